The van der Waals surface area contributed by atoms with Crippen LogP contribution in [-0.4, -0.2) is 36.4 Å². The highest BCUT2D eigenvalue weighted by molar-refractivity contribution is 9.10. The van der Waals surface area contributed by atoms with Crippen LogP contribution in [0.1, 0.15) is 18.4 Å². The molecule has 1 aliphatic rings. The summed E-state index contributed by atoms with van der Waals surface area (Å²) in [6.07, 6.45) is 0.935. The lowest BCUT2D eigenvalue weighted by Gasteiger charge is -2.21. The Balaban J connectivity index is 2.42. The van der Waals surface area contributed by atoms with E-state index in [9.17, 15) is 13.2 Å². The third kappa shape index (κ3) is 2.68. The van der Waals surface area contributed by atoms with Crippen molar-refractivity contribution in [3.05, 3.63) is 28.2 Å². The first-order valence-corrected chi connectivity index (χ1v) is 8.08. The van der Waals surface area contributed by atoms with Gasteiger partial charge in [-0.3, -0.25) is 4.79 Å². The molecule has 0 spiro atoms. The van der Waals surface area contributed by atoms with Gasteiger partial charge in [0.1, 0.15) is 6.04 Å². The lowest BCUT2D eigenvalue weighted by Crippen LogP contribution is -2.40. The second kappa shape index (κ2) is 5.22. The van der Waals surface area contributed by atoms with E-state index in [0.717, 1.165) is 9.87 Å². The fourth-order valence-electron chi connectivity index (χ4n) is 2.14. The van der Waals surface area contributed by atoms with Gasteiger partial charge in [0.15, 0.2) is 0 Å². The van der Waals surface area contributed by atoms with Gasteiger partial charge in [0, 0.05) is 11.0 Å². The maximum absolute atomic E-state index is 12.5. The average molecular weight is 348 g/mol. The molecule has 1 N–H and O–H groups in total. The monoisotopic (exact) mass is 347 g/mol. The molecule has 7 heteroatoms. The number of aryl methyl sites for hydroxylation is 1. The second-order valence-corrected chi connectivity index (χ2v) is 7.27. The van der Waals surface area contributed by atoms with Crippen molar-refractivity contribution < 1.29 is 18.3 Å². The van der Waals surface area contributed by atoms with Crippen LogP contribution in [0.3, 0.4) is 0 Å². The molecule has 1 saturated heterocycles. The predicted octanol–water partition coefficient (Wildman–Crippen LogP) is 2.00. The number of carboxylic acids is 1. The fourth-order valence-corrected chi connectivity index (χ4v) is 4.35. The summed E-state index contributed by atoms with van der Waals surface area (Å²) in [6.45, 7) is 2.11. The van der Waals surface area contributed by atoms with E-state index in [1.165, 1.54) is 12.1 Å². The van der Waals surface area contributed by atoms with E-state index in [4.69, 9.17) is 5.11 Å². The lowest BCUT2D eigenvalue weighted by atomic mass is 10.2. The SMILES string of the molecule is Cc1ccc(S(=O)(=O)N2CCCC2C(=O)O)cc1Br. The zero-order chi connectivity index (χ0) is 14.2. The quantitative estimate of drug-likeness (QED) is 0.907. The van der Waals surface area contributed by atoms with Crippen molar-refractivity contribution in [2.75, 3.05) is 6.54 Å². The van der Waals surface area contributed by atoms with Gasteiger partial charge in [-0.25, -0.2) is 8.42 Å². The summed E-state index contributed by atoms with van der Waals surface area (Å²) >= 11 is 3.29. The topological polar surface area (TPSA) is 74.7 Å². The summed E-state index contributed by atoms with van der Waals surface area (Å²) in [5.41, 5.74) is 0.926. The minimum Gasteiger partial charge on any atom is -0.480 e. The van der Waals surface area contributed by atoms with Crippen LogP contribution in [0.5, 0.6) is 0 Å². The zero-order valence-corrected chi connectivity index (χ0v) is 12.7. The van der Waals surface area contributed by atoms with Crippen molar-refractivity contribution in [3.63, 3.8) is 0 Å². The largest absolute Gasteiger partial charge is 0.480 e. The van der Waals surface area contributed by atoms with Crippen molar-refractivity contribution >= 4 is 31.9 Å². The van der Waals surface area contributed by atoms with Crippen LogP contribution in [0.4, 0.5) is 0 Å². The molecule has 104 valence electrons. The molecule has 2 rings (SSSR count). The van der Waals surface area contributed by atoms with Gasteiger partial charge >= 0.3 is 5.97 Å². The summed E-state index contributed by atoms with van der Waals surface area (Å²) < 4.78 is 26.7. The fraction of sp³-hybridized carbons (Fsp3) is 0.417. The molecular formula is C12H14BrNO4S. The Kier molecular flexibility index (Phi) is 3.98. The summed E-state index contributed by atoms with van der Waals surface area (Å²) in [5.74, 6) is -1.09. The second-order valence-electron chi connectivity index (χ2n) is 4.52. The first kappa shape index (κ1) is 14.5. The maximum Gasteiger partial charge on any atom is 0.322 e. The molecular weight excluding hydrogens is 334 g/mol. The van der Waals surface area contributed by atoms with E-state index in [1.807, 2.05) is 6.92 Å². The van der Waals surface area contributed by atoms with Gasteiger partial charge in [0.2, 0.25) is 10.0 Å². The number of benzene rings is 1. The van der Waals surface area contributed by atoms with Gasteiger partial charge in [-0.2, -0.15) is 4.31 Å². The van der Waals surface area contributed by atoms with Crippen LogP contribution >= 0.6 is 15.9 Å². The highest BCUT2D eigenvalue weighted by Gasteiger charge is 2.39. The summed E-state index contributed by atoms with van der Waals surface area (Å²) in [5, 5.41) is 9.08. The van der Waals surface area contributed by atoms with Crippen LogP contribution < -0.4 is 0 Å². The summed E-state index contributed by atoms with van der Waals surface area (Å²) in [6, 6.07) is 3.77. The molecule has 19 heavy (non-hydrogen) atoms. The maximum atomic E-state index is 12.5. The Bertz CT molecular complexity index is 614. The molecule has 0 amide bonds. The van der Waals surface area contributed by atoms with E-state index < -0.39 is 22.0 Å². The molecule has 0 radical (unpaired) electrons. The number of carbonyl (C=O) groups is 1. The third-order valence-electron chi connectivity index (χ3n) is 3.24. The molecule has 1 aromatic rings. The smallest absolute Gasteiger partial charge is 0.322 e. The number of hydrogen-bond donors (Lipinski definition) is 1. The summed E-state index contributed by atoms with van der Waals surface area (Å²) in [7, 11) is -3.75. The first-order chi connectivity index (χ1) is 8.84. The molecule has 1 aromatic carbocycles. The van der Waals surface area contributed by atoms with Crippen LogP contribution in [0.15, 0.2) is 27.6 Å². The minimum atomic E-state index is -3.75. The number of rotatable bonds is 3. The van der Waals surface area contributed by atoms with E-state index in [2.05, 4.69) is 15.9 Å². The third-order valence-corrected chi connectivity index (χ3v) is 6.00. The number of halogens is 1. The molecule has 0 bridgehead atoms. The zero-order valence-electron chi connectivity index (χ0n) is 10.3. The van der Waals surface area contributed by atoms with Crippen LogP contribution in [0, 0.1) is 6.92 Å². The van der Waals surface area contributed by atoms with E-state index >= 15 is 0 Å². The van der Waals surface area contributed by atoms with Crippen molar-refractivity contribution in [3.8, 4) is 0 Å². The highest BCUT2D eigenvalue weighted by Crippen LogP contribution is 2.28. The molecule has 0 saturated carbocycles. The van der Waals surface area contributed by atoms with Crippen molar-refractivity contribution in [1.29, 1.82) is 0 Å². The normalized spacial score (nSPS) is 20.6. The van der Waals surface area contributed by atoms with Crippen LogP contribution in [-0.2, 0) is 14.8 Å². The highest BCUT2D eigenvalue weighted by atomic mass is 79.9. The lowest BCUT2D eigenvalue weighted by molar-refractivity contribution is -0.140. The van der Waals surface area contributed by atoms with Crippen molar-refractivity contribution in [2.24, 2.45) is 0 Å². The predicted molar refractivity (Wildman–Crippen MR) is 73.4 cm³/mol. The number of aliphatic carboxylic acids is 1. The van der Waals surface area contributed by atoms with E-state index in [1.54, 1.807) is 6.07 Å². The van der Waals surface area contributed by atoms with Crippen molar-refractivity contribution in [2.45, 2.75) is 30.7 Å². The average Bonchev–Trinajstić information content (AvgIpc) is 2.82. The minimum absolute atomic E-state index is 0.123. The van der Waals surface area contributed by atoms with Gasteiger partial charge < -0.3 is 5.11 Å². The Labute approximate surface area is 120 Å². The standard InChI is InChI=1S/C12H14BrNO4S/c1-8-4-5-9(7-10(8)13)19(17,18)14-6-2-3-11(14)12(15)16/h4-5,7,11H,2-3,6H2,1H3,(H,15,16). The number of nitrogens with zero attached hydrogens (tertiary/aromatic N) is 1. The first-order valence-electron chi connectivity index (χ1n) is 5.85. The molecule has 1 aliphatic heterocycles. The molecule has 1 heterocycles. The van der Waals surface area contributed by atoms with E-state index in [0.29, 0.717) is 17.3 Å². The molecule has 1 atom stereocenters. The Morgan fingerprint density at radius 3 is 2.74 bits per heavy atom. The Morgan fingerprint density at radius 1 is 1.47 bits per heavy atom. The number of sulfonamides is 1. The van der Waals surface area contributed by atoms with Gasteiger partial charge in [-0.05, 0) is 37.5 Å². The van der Waals surface area contributed by atoms with Gasteiger partial charge in [-0.15, -0.1) is 0 Å². The van der Waals surface area contributed by atoms with Crippen LogP contribution in [0.25, 0.3) is 0 Å². The van der Waals surface area contributed by atoms with Crippen molar-refractivity contribution in [1.82, 2.24) is 4.31 Å². The molecule has 0 aromatic heterocycles. The van der Waals surface area contributed by atoms with Gasteiger partial charge in [0.25, 0.3) is 0 Å². The summed E-state index contributed by atoms with van der Waals surface area (Å²) in [4.78, 5) is 11.2. The van der Waals surface area contributed by atoms with Crippen LogP contribution in [0.2, 0.25) is 0 Å². The Hall–Kier alpha value is -0.920. The molecule has 1 fully saturated rings. The number of hydrogen-bond acceptors (Lipinski definition) is 3. The molecule has 5 nitrogen and oxygen atoms in total. The van der Waals surface area contributed by atoms with Gasteiger partial charge in [-0.1, -0.05) is 22.0 Å². The molecule has 0 aliphatic carbocycles. The van der Waals surface area contributed by atoms with E-state index in [-0.39, 0.29) is 11.4 Å². The van der Waals surface area contributed by atoms with Gasteiger partial charge in [0.05, 0.1) is 4.90 Å². The Morgan fingerprint density at radius 2 is 2.16 bits per heavy atom. The molecule has 1 unspecified atom stereocenters. The number of carboxylic acid groups (broad SMARTS) is 1.